The van der Waals surface area contributed by atoms with Gasteiger partial charge in [-0.05, 0) is 34.9 Å². The molecule has 33 heavy (non-hydrogen) atoms. The Balaban J connectivity index is 1.70. The number of nitrogens with zero attached hydrogens (tertiary/aromatic N) is 1. The third kappa shape index (κ3) is 7.08. The fraction of sp³-hybridized carbons (Fsp3) is 0.208. The van der Waals surface area contributed by atoms with Crippen LogP contribution in [0.25, 0.3) is 0 Å². The van der Waals surface area contributed by atoms with Gasteiger partial charge < -0.3 is 21.5 Å². The summed E-state index contributed by atoms with van der Waals surface area (Å²) >= 11 is 0. The first-order chi connectivity index (χ1) is 15.8. The van der Waals surface area contributed by atoms with Gasteiger partial charge in [0, 0.05) is 25.6 Å². The molecule has 0 fully saturated rings. The van der Waals surface area contributed by atoms with E-state index in [1.165, 1.54) is 12.3 Å². The Hall–Kier alpha value is -3.85. The number of nitrogens with one attached hydrogen (secondary N) is 2. The molecule has 0 aliphatic carbocycles. The predicted molar refractivity (Wildman–Crippen MR) is 119 cm³/mol. The van der Waals surface area contributed by atoms with Crippen LogP contribution in [0.2, 0.25) is 0 Å². The topological polar surface area (TPSA) is 117 Å². The number of benzene rings is 2. The first kappa shape index (κ1) is 23.8. The third-order valence-corrected chi connectivity index (χ3v) is 4.95. The van der Waals surface area contributed by atoms with E-state index >= 15 is 0 Å². The zero-order chi connectivity index (χ0) is 23.8. The smallest absolute Gasteiger partial charge is 0.249 e. The van der Waals surface area contributed by atoms with E-state index in [-0.39, 0.29) is 19.4 Å². The molecule has 2 amide bonds. The number of halogens is 2. The van der Waals surface area contributed by atoms with Crippen LogP contribution in [-0.2, 0) is 29.0 Å². The summed E-state index contributed by atoms with van der Waals surface area (Å²) in [6.45, 7) is 0.114. The minimum absolute atomic E-state index is 0.0588. The number of hydrogen-bond acceptors (Lipinski definition) is 5. The van der Waals surface area contributed by atoms with Crippen molar-refractivity contribution in [2.45, 2.75) is 31.5 Å². The lowest BCUT2D eigenvalue weighted by molar-refractivity contribution is -0.134. The van der Waals surface area contributed by atoms with E-state index in [1.54, 1.807) is 36.4 Å². The van der Waals surface area contributed by atoms with Crippen LogP contribution < -0.4 is 16.4 Å². The zero-order valence-corrected chi connectivity index (χ0v) is 17.7. The molecular formula is C24H24F2N4O3. The van der Waals surface area contributed by atoms with Crippen molar-refractivity contribution < 1.29 is 23.5 Å². The Bertz CT molecular complexity index is 1090. The summed E-state index contributed by atoms with van der Waals surface area (Å²) in [6, 6.07) is 14.3. The Morgan fingerprint density at radius 3 is 2.30 bits per heavy atom. The number of pyridine rings is 1. The number of aliphatic hydroxyl groups excluding tert-OH is 1. The third-order valence-electron chi connectivity index (χ3n) is 4.95. The van der Waals surface area contributed by atoms with E-state index in [2.05, 4.69) is 15.6 Å². The highest BCUT2D eigenvalue weighted by Crippen LogP contribution is 2.12. The van der Waals surface area contributed by atoms with Crippen LogP contribution in [0.5, 0.6) is 0 Å². The molecule has 1 unspecified atom stereocenters. The highest BCUT2D eigenvalue weighted by atomic mass is 19.2. The molecule has 0 radical (unpaired) electrons. The van der Waals surface area contributed by atoms with Gasteiger partial charge in [-0.1, -0.05) is 42.5 Å². The first-order valence-electron chi connectivity index (χ1n) is 10.3. The Kier molecular flexibility index (Phi) is 8.04. The lowest BCUT2D eigenvalue weighted by Gasteiger charge is -2.21. The molecule has 0 bridgehead atoms. The van der Waals surface area contributed by atoms with Gasteiger partial charge in [-0.3, -0.25) is 9.59 Å². The van der Waals surface area contributed by atoms with Crippen LogP contribution in [-0.4, -0.2) is 34.1 Å². The fourth-order valence-corrected chi connectivity index (χ4v) is 3.16. The van der Waals surface area contributed by atoms with E-state index in [0.717, 1.165) is 17.7 Å². The molecule has 0 spiro atoms. The van der Waals surface area contributed by atoms with Gasteiger partial charge >= 0.3 is 0 Å². The maximum atomic E-state index is 13.6. The number of amides is 2. The molecule has 0 aliphatic rings. The average Bonchev–Trinajstić information content (AvgIpc) is 2.81. The Labute approximate surface area is 189 Å². The van der Waals surface area contributed by atoms with E-state index in [1.807, 2.05) is 6.07 Å². The number of aromatic nitrogens is 1. The largest absolute Gasteiger partial charge is 0.384 e. The summed E-state index contributed by atoms with van der Waals surface area (Å²) in [5.74, 6) is -3.05. The molecule has 0 saturated carbocycles. The lowest BCUT2D eigenvalue weighted by Crippen LogP contribution is -2.51. The minimum Gasteiger partial charge on any atom is -0.384 e. The molecule has 1 aromatic heterocycles. The summed E-state index contributed by atoms with van der Waals surface area (Å²) in [6.07, 6.45) is 0.0621. The minimum atomic E-state index is -1.39. The monoisotopic (exact) mass is 454 g/mol. The summed E-state index contributed by atoms with van der Waals surface area (Å²) in [7, 11) is 0. The quantitative estimate of drug-likeness (QED) is 0.394. The van der Waals surface area contributed by atoms with Crippen molar-refractivity contribution in [2.24, 2.45) is 0 Å². The van der Waals surface area contributed by atoms with Crippen LogP contribution in [0.4, 0.5) is 14.6 Å². The second-order valence-electron chi connectivity index (χ2n) is 7.53. The van der Waals surface area contributed by atoms with E-state index in [9.17, 15) is 23.5 Å². The summed E-state index contributed by atoms with van der Waals surface area (Å²) < 4.78 is 26.9. The van der Waals surface area contributed by atoms with Crippen molar-refractivity contribution in [1.82, 2.24) is 15.6 Å². The molecule has 172 valence electrons. The van der Waals surface area contributed by atoms with Gasteiger partial charge in [-0.2, -0.15) is 0 Å². The Morgan fingerprint density at radius 1 is 0.909 bits per heavy atom. The van der Waals surface area contributed by atoms with Crippen LogP contribution in [0.1, 0.15) is 16.7 Å². The van der Waals surface area contributed by atoms with Gasteiger partial charge in [0.1, 0.15) is 18.0 Å². The molecule has 3 rings (SSSR count). The average molecular weight is 454 g/mol. The Morgan fingerprint density at radius 2 is 1.64 bits per heavy atom. The number of nitrogens with two attached hydrogens (primary N) is 1. The van der Waals surface area contributed by atoms with Crippen LogP contribution >= 0.6 is 0 Å². The van der Waals surface area contributed by atoms with Crippen molar-refractivity contribution >= 4 is 17.6 Å². The normalized spacial score (nSPS) is 12.6. The van der Waals surface area contributed by atoms with Gasteiger partial charge in [-0.15, -0.1) is 0 Å². The van der Waals surface area contributed by atoms with Crippen molar-refractivity contribution in [3.8, 4) is 0 Å². The van der Waals surface area contributed by atoms with Crippen LogP contribution in [0.3, 0.4) is 0 Å². The predicted octanol–water partition coefficient (Wildman–Crippen LogP) is 1.89. The second kappa shape index (κ2) is 11.1. The lowest BCUT2D eigenvalue weighted by atomic mass is 10.0. The second-order valence-corrected chi connectivity index (χ2v) is 7.53. The molecular weight excluding hydrogens is 430 g/mol. The van der Waals surface area contributed by atoms with Crippen molar-refractivity contribution in [3.63, 3.8) is 0 Å². The number of rotatable bonds is 9. The van der Waals surface area contributed by atoms with E-state index in [0.29, 0.717) is 16.9 Å². The van der Waals surface area contributed by atoms with Gasteiger partial charge in [0.15, 0.2) is 11.6 Å². The SMILES string of the molecule is Nc1ccc(CNC(=O)[C@H](Cc2ccc(F)c(F)c2)NC(=O)C(O)Cc2ccccc2)cn1. The highest BCUT2D eigenvalue weighted by molar-refractivity contribution is 5.89. The number of aliphatic hydroxyl groups is 1. The molecule has 1 heterocycles. The number of anilines is 1. The molecule has 0 aliphatic heterocycles. The standard InChI is InChI=1S/C24H24F2N4O3/c25-18-8-6-16(10-19(18)26)11-20(23(32)29-14-17-7-9-22(27)28-13-17)30-24(33)21(31)12-15-4-2-1-3-5-15/h1-10,13,20-21,31H,11-12,14H2,(H2,27,28)(H,29,32)(H,30,33)/t20-,21?/m0/s1. The maximum absolute atomic E-state index is 13.6. The number of nitrogen functional groups attached to an aromatic ring is 1. The van der Waals surface area contributed by atoms with E-state index in [4.69, 9.17) is 5.73 Å². The highest BCUT2D eigenvalue weighted by Gasteiger charge is 2.25. The molecule has 2 atom stereocenters. The summed E-state index contributed by atoms with van der Waals surface area (Å²) in [5.41, 5.74) is 7.29. The maximum Gasteiger partial charge on any atom is 0.249 e. The number of carbonyl (C=O) groups excluding carboxylic acids is 2. The van der Waals surface area contributed by atoms with Crippen molar-refractivity contribution in [2.75, 3.05) is 5.73 Å². The van der Waals surface area contributed by atoms with E-state index < -0.39 is 35.6 Å². The van der Waals surface area contributed by atoms with Crippen molar-refractivity contribution in [1.29, 1.82) is 0 Å². The number of hydrogen-bond donors (Lipinski definition) is 4. The first-order valence-corrected chi connectivity index (χ1v) is 10.3. The fourth-order valence-electron chi connectivity index (χ4n) is 3.16. The van der Waals surface area contributed by atoms with Gasteiger partial charge in [0.2, 0.25) is 11.8 Å². The van der Waals surface area contributed by atoms with Gasteiger partial charge in [0.25, 0.3) is 0 Å². The summed E-state index contributed by atoms with van der Waals surface area (Å²) in [5, 5.41) is 15.5. The van der Waals surface area contributed by atoms with Gasteiger partial charge in [-0.25, -0.2) is 13.8 Å². The molecule has 9 heteroatoms. The van der Waals surface area contributed by atoms with Gasteiger partial charge in [0.05, 0.1) is 0 Å². The molecule has 0 saturated heterocycles. The summed E-state index contributed by atoms with van der Waals surface area (Å²) in [4.78, 5) is 29.4. The molecule has 3 aromatic rings. The van der Waals surface area contributed by atoms with Crippen LogP contribution in [0.15, 0.2) is 66.9 Å². The molecule has 2 aromatic carbocycles. The number of carbonyl (C=O) groups is 2. The molecule has 5 N–H and O–H groups in total. The van der Waals surface area contributed by atoms with Crippen molar-refractivity contribution in [3.05, 3.63) is 95.2 Å². The van der Waals surface area contributed by atoms with Crippen LogP contribution in [0, 0.1) is 11.6 Å². The molecule has 7 nitrogen and oxygen atoms in total. The zero-order valence-electron chi connectivity index (χ0n) is 17.7.